The van der Waals surface area contributed by atoms with Crippen LogP contribution in [0.4, 0.5) is 4.79 Å². The third-order valence-corrected chi connectivity index (χ3v) is 6.78. The number of carboxylic acids is 1. The van der Waals surface area contributed by atoms with E-state index in [9.17, 15) is 14.4 Å². The van der Waals surface area contributed by atoms with Crippen LogP contribution in [0.15, 0.2) is 61.2 Å². The Kier molecular flexibility index (Phi) is 7.30. The standard InChI is InChI=1S/C27H30N2O5/c1-2-8-24(26(32)28-23-14-7-9-17(23)15-25(30)31)29-27(33)34-16-22-20-12-5-3-10-18(20)19-11-4-6-13-21(19)22/h2-6,10-13,17,22-24H,1,7-9,14-16H2,(H,28,32)(H,29,33)(H,30,31)/t17-,23+,24?/m0/s1. The Morgan fingerprint density at radius 1 is 1.06 bits per heavy atom. The monoisotopic (exact) mass is 462 g/mol. The molecule has 1 fully saturated rings. The number of aliphatic carboxylic acids is 1. The van der Waals surface area contributed by atoms with Gasteiger partial charge in [0.25, 0.3) is 0 Å². The lowest BCUT2D eigenvalue weighted by Gasteiger charge is -2.24. The van der Waals surface area contributed by atoms with Crippen LogP contribution in [0.3, 0.4) is 0 Å². The molecule has 0 heterocycles. The Morgan fingerprint density at radius 3 is 2.32 bits per heavy atom. The summed E-state index contributed by atoms with van der Waals surface area (Å²) in [4.78, 5) is 36.6. The largest absolute Gasteiger partial charge is 0.481 e. The molecule has 0 aromatic heterocycles. The van der Waals surface area contributed by atoms with Gasteiger partial charge in [0.15, 0.2) is 0 Å². The maximum Gasteiger partial charge on any atom is 0.407 e. The van der Waals surface area contributed by atoms with Crippen molar-refractivity contribution in [2.75, 3.05) is 6.61 Å². The molecular formula is C27H30N2O5. The van der Waals surface area contributed by atoms with Crippen LogP contribution in [0.1, 0.15) is 49.1 Å². The fourth-order valence-corrected chi connectivity index (χ4v) is 5.16. The van der Waals surface area contributed by atoms with Gasteiger partial charge in [-0.15, -0.1) is 6.58 Å². The molecule has 3 atom stereocenters. The zero-order valence-corrected chi connectivity index (χ0v) is 19.0. The SMILES string of the molecule is C=CCC(NC(=O)OCC1c2ccccc2-c2ccccc21)C(=O)N[C@@H]1CCC[C@H]1CC(=O)O. The quantitative estimate of drug-likeness (QED) is 0.484. The second kappa shape index (κ2) is 10.5. The number of ether oxygens (including phenoxy) is 1. The van der Waals surface area contributed by atoms with E-state index in [-0.39, 0.29) is 43.2 Å². The fraction of sp³-hybridized carbons (Fsp3) is 0.370. The van der Waals surface area contributed by atoms with Crippen LogP contribution in [0.25, 0.3) is 11.1 Å². The molecule has 7 heteroatoms. The molecular weight excluding hydrogens is 432 g/mol. The number of fused-ring (bicyclic) bond motifs is 3. The summed E-state index contributed by atoms with van der Waals surface area (Å²) in [5.41, 5.74) is 4.51. The van der Waals surface area contributed by atoms with Gasteiger partial charge in [0.2, 0.25) is 5.91 Å². The predicted molar refractivity (Wildman–Crippen MR) is 128 cm³/mol. The molecule has 2 aromatic rings. The molecule has 34 heavy (non-hydrogen) atoms. The van der Waals surface area contributed by atoms with Crippen molar-refractivity contribution in [3.8, 4) is 11.1 Å². The van der Waals surface area contributed by atoms with Crippen LogP contribution >= 0.6 is 0 Å². The van der Waals surface area contributed by atoms with Crippen molar-refractivity contribution in [2.45, 2.75) is 50.1 Å². The van der Waals surface area contributed by atoms with E-state index < -0.39 is 18.1 Å². The number of nitrogens with one attached hydrogen (secondary N) is 2. The maximum atomic E-state index is 12.9. The van der Waals surface area contributed by atoms with Crippen LogP contribution in [0.5, 0.6) is 0 Å². The summed E-state index contributed by atoms with van der Waals surface area (Å²) >= 11 is 0. The molecule has 0 bridgehead atoms. The number of rotatable bonds is 9. The average Bonchev–Trinajstić information content (AvgIpc) is 3.38. The maximum absolute atomic E-state index is 12.9. The molecule has 2 aliphatic rings. The van der Waals surface area contributed by atoms with Crippen molar-refractivity contribution in [2.24, 2.45) is 5.92 Å². The van der Waals surface area contributed by atoms with Gasteiger partial charge in [-0.1, -0.05) is 61.0 Å². The highest BCUT2D eigenvalue weighted by Gasteiger charge is 2.33. The van der Waals surface area contributed by atoms with Gasteiger partial charge in [-0.05, 0) is 47.4 Å². The number of carboxylic acid groups (broad SMARTS) is 1. The highest BCUT2D eigenvalue weighted by molar-refractivity contribution is 5.86. The number of hydrogen-bond donors (Lipinski definition) is 3. The Morgan fingerprint density at radius 2 is 1.71 bits per heavy atom. The minimum Gasteiger partial charge on any atom is -0.481 e. The first-order valence-corrected chi connectivity index (χ1v) is 11.7. The molecule has 1 unspecified atom stereocenters. The Bertz CT molecular complexity index is 1040. The van der Waals surface area contributed by atoms with Gasteiger partial charge in [0.1, 0.15) is 12.6 Å². The average molecular weight is 463 g/mol. The molecule has 2 aromatic carbocycles. The molecule has 178 valence electrons. The van der Waals surface area contributed by atoms with E-state index in [4.69, 9.17) is 9.84 Å². The van der Waals surface area contributed by atoms with Crippen LogP contribution < -0.4 is 10.6 Å². The van der Waals surface area contributed by atoms with Gasteiger partial charge >= 0.3 is 12.1 Å². The summed E-state index contributed by atoms with van der Waals surface area (Å²) in [6, 6.07) is 15.1. The third-order valence-electron chi connectivity index (χ3n) is 6.78. The summed E-state index contributed by atoms with van der Waals surface area (Å²) in [7, 11) is 0. The van der Waals surface area contributed by atoms with Crippen LogP contribution in [-0.4, -0.2) is 41.8 Å². The molecule has 0 saturated heterocycles. The fourth-order valence-electron chi connectivity index (χ4n) is 5.16. The summed E-state index contributed by atoms with van der Waals surface area (Å²) in [5.74, 6) is -1.39. The number of carbonyl (C=O) groups is 3. The Labute approximate surface area is 199 Å². The zero-order chi connectivity index (χ0) is 24.1. The van der Waals surface area contributed by atoms with E-state index in [1.165, 1.54) is 0 Å². The van der Waals surface area contributed by atoms with Crippen molar-refractivity contribution < 1.29 is 24.2 Å². The highest BCUT2D eigenvalue weighted by Crippen LogP contribution is 2.44. The number of hydrogen-bond acceptors (Lipinski definition) is 4. The number of carbonyl (C=O) groups excluding carboxylic acids is 2. The molecule has 4 rings (SSSR count). The van der Waals surface area contributed by atoms with Crippen molar-refractivity contribution in [3.63, 3.8) is 0 Å². The Hall–Kier alpha value is -3.61. The van der Waals surface area contributed by atoms with Crippen LogP contribution in [0, 0.1) is 5.92 Å². The normalized spacial score (nSPS) is 19.5. The van der Waals surface area contributed by atoms with Gasteiger partial charge in [0, 0.05) is 12.0 Å². The molecule has 3 N–H and O–H groups in total. The van der Waals surface area contributed by atoms with E-state index in [2.05, 4.69) is 29.3 Å². The molecule has 7 nitrogen and oxygen atoms in total. The molecule has 2 aliphatic carbocycles. The first kappa shape index (κ1) is 23.5. The lowest BCUT2D eigenvalue weighted by molar-refractivity contribution is -0.138. The first-order chi connectivity index (χ1) is 16.5. The zero-order valence-electron chi connectivity index (χ0n) is 19.0. The minimum absolute atomic E-state index is 0.0247. The highest BCUT2D eigenvalue weighted by atomic mass is 16.5. The molecule has 1 saturated carbocycles. The van der Waals surface area contributed by atoms with Crippen molar-refractivity contribution in [3.05, 3.63) is 72.3 Å². The summed E-state index contributed by atoms with van der Waals surface area (Å²) in [6.07, 6.45) is 3.53. The summed E-state index contributed by atoms with van der Waals surface area (Å²) < 4.78 is 5.57. The second-order valence-electron chi connectivity index (χ2n) is 8.95. The van der Waals surface area contributed by atoms with Gasteiger partial charge in [-0.25, -0.2) is 4.79 Å². The van der Waals surface area contributed by atoms with E-state index in [1.807, 2.05) is 36.4 Å². The smallest absolute Gasteiger partial charge is 0.407 e. The molecule has 2 amide bonds. The van der Waals surface area contributed by atoms with Gasteiger partial charge in [0.05, 0.1) is 6.42 Å². The topological polar surface area (TPSA) is 105 Å². The summed E-state index contributed by atoms with van der Waals surface area (Å²) in [6.45, 7) is 3.84. The van der Waals surface area contributed by atoms with Crippen molar-refractivity contribution >= 4 is 18.0 Å². The van der Waals surface area contributed by atoms with Crippen molar-refractivity contribution in [1.82, 2.24) is 10.6 Å². The lowest BCUT2D eigenvalue weighted by Crippen LogP contribution is -2.50. The van der Waals surface area contributed by atoms with E-state index in [1.54, 1.807) is 6.08 Å². The molecule has 0 aliphatic heterocycles. The van der Waals surface area contributed by atoms with Gasteiger partial charge in [-0.2, -0.15) is 0 Å². The second-order valence-corrected chi connectivity index (χ2v) is 8.95. The van der Waals surface area contributed by atoms with Gasteiger partial charge < -0.3 is 20.5 Å². The van der Waals surface area contributed by atoms with E-state index in [0.717, 1.165) is 41.5 Å². The number of benzene rings is 2. The first-order valence-electron chi connectivity index (χ1n) is 11.7. The van der Waals surface area contributed by atoms with E-state index in [0.29, 0.717) is 0 Å². The predicted octanol–water partition coefficient (Wildman–Crippen LogP) is 4.23. The Balaban J connectivity index is 1.37. The summed E-state index contributed by atoms with van der Waals surface area (Å²) in [5, 5.41) is 14.7. The van der Waals surface area contributed by atoms with Crippen molar-refractivity contribution in [1.29, 1.82) is 0 Å². The molecule has 0 spiro atoms. The number of alkyl carbamates (subject to hydrolysis) is 1. The van der Waals surface area contributed by atoms with E-state index >= 15 is 0 Å². The lowest BCUT2D eigenvalue weighted by atomic mass is 9.98. The minimum atomic E-state index is -0.870. The van der Waals surface area contributed by atoms with Crippen LogP contribution in [-0.2, 0) is 14.3 Å². The number of amides is 2. The molecule has 0 radical (unpaired) electrons. The van der Waals surface area contributed by atoms with Crippen LogP contribution in [0.2, 0.25) is 0 Å². The third kappa shape index (κ3) is 5.14. The van der Waals surface area contributed by atoms with Gasteiger partial charge in [-0.3, -0.25) is 9.59 Å².